The van der Waals surface area contributed by atoms with Crippen LogP contribution in [-0.2, 0) is 11.2 Å². The van der Waals surface area contributed by atoms with Crippen molar-refractivity contribution in [2.24, 2.45) is 0 Å². The lowest BCUT2D eigenvalue weighted by Gasteiger charge is -2.08. The largest absolute Gasteiger partial charge is 0.496 e. The van der Waals surface area contributed by atoms with Gasteiger partial charge < -0.3 is 10.1 Å². The second-order valence-electron chi connectivity index (χ2n) is 5.40. The maximum atomic E-state index is 12.1. The van der Waals surface area contributed by atoms with Crippen molar-refractivity contribution < 1.29 is 9.53 Å². The first-order chi connectivity index (χ1) is 12.3. The standard InChI is InChI=1S/C19H18N4O2/c1-25-17-7-3-2-5-14(17)8-9-18(24)23-16-12-21-19(22-13-16)15-6-4-10-20-11-15/h2-7,10-13H,8-9H2,1H3,(H,23,24). The number of ether oxygens (including phenoxy) is 1. The van der Waals surface area contributed by atoms with Crippen LogP contribution in [-0.4, -0.2) is 28.0 Å². The molecule has 0 aliphatic heterocycles. The Hall–Kier alpha value is -3.28. The fourth-order valence-electron chi connectivity index (χ4n) is 2.42. The molecule has 3 rings (SSSR count). The summed E-state index contributed by atoms with van der Waals surface area (Å²) in [7, 11) is 1.63. The van der Waals surface area contributed by atoms with Gasteiger partial charge in [0.1, 0.15) is 5.75 Å². The Bertz CT molecular complexity index is 836. The third-order valence-electron chi connectivity index (χ3n) is 3.67. The lowest BCUT2D eigenvalue weighted by atomic mass is 10.1. The van der Waals surface area contributed by atoms with Crippen molar-refractivity contribution in [3.63, 3.8) is 0 Å². The monoisotopic (exact) mass is 334 g/mol. The molecular weight excluding hydrogens is 316 g/mol. The van der Waals surface area contributed by atoms with Crippen LogP contribution in [0.5, 0.6) is 5.75 Å². The van der Waals surface area contributed by atoms with Crippen LogP contribution in [0.2, 0.25) is 0 Å². The van der Waals surface area contributed by atoms with Gasteiger partial charge in [-0.3, -0.25) is 9.78 Å². The van der Waals surface area contributed by atoms with Gasteiger partial charge in [-0.25, -0.2) is 9.97 Å². The summed E-state index contributed by atoms with van der Waals surface area (Å²) in [6.45, 7) is 0. The number of hydrogen-bond acceptors (Lipinski definition) is 5. The molecule has 1 amide bonds. The summed E-state index contributed by atoms with van der Waals surface area (Å²) in [5.41, 5.74) is 2.40. The number of para-hydroxylation sites is 1. The minimum Gasteiger partial charge on any atom is -0.496 e. The third kappa shape index (κ3) is 4.38. The van der Waals surface area contributed by atoms with Crippen LogP contribution in [0.3, 0.4) is 0 Å². The quantitative estimate of drug-likeness (QED) is 0.749. The van der Waals surface area contributed by atoms with Gasteiger partial charge in [-0.1, -0.05) is 18.2 Å². The number of anilines is 1. The van der Waals surface area contributed by atoms with Crippen LogP contribution in [0.4, 0.5) is 5.69 Å². The molecular formula is C19H18N4O2. The normalized spacial score (nSPS) is 10.3. The Balaban J connectivity index is 1.58. The van der Waals surface area contributed by atoms with Gasteiger partial charge in [0.2, 0.25) is 5.91 Å². The van der Waals surface area contributed by atoms with Gasteiger partial charge in [-0.05, 0) is 30.2 Å². The highest BCUT2D eigenvalue weighted by atomic mass is 16.5. The highest BCUT2D eigenvalue weighted by Crippen LogP contribution is 2.19. The van der Waals surface area contributed by atoms with E-state index in [1.54, 1.807) is 31.9 Å². The number of methoxy groups -OCH3 is 1. The number of hydrogen-bond donors (Lipinski definition) is 1. The van der Waals surface area contributed by atoms with Crippen LogP contribution < -0.4 is 10.1 Å². The fraction of sp³-hybridized carbons (Fsp3) is 0.158. The van der Waals surface area contributed by atoms with Gasteiger partial charge in [0.15, 0.2) is 5.82 Å². The number of rotatable bonds is 6. The van der Waals surface area contributed by atoms with E-state index in [4.69, 9.17) is 4.74 Å². The van der Waals surface area contributed by atoms with E-state index in [-0.39, 0.29) is 5.91 Å². The first kappa shape index (κ1) is 16.6. The summed E-state index contributed by atoms with van der Waals surface area (Å²) in [5.74, 6) is 1.27. The number of carbonyl (C=O) groups is 1. The molecule has 126 valence electrons. The van der Waals surface area contributed by atoms with Gasteiger partial charge in [-0.2, -0.15) is 0 Å². The topological polar surface area (TPSA) is 77.0 Å². The number of aromatic nitrogens is 3. The van der Waals surface area contributed by atoms with E-state index in [2.05, 4.69) is 20.3 Å². The van der Waals surface area contributed by atoms with Crippen molar-refractivity contribution in [1.29, 1.82) is 0 Å². The summed E-state index contributed by atoms with van der Waals surface area (Å²) in [6, 6.07) is 11.4. The number of pyridine rings is 1. The van der Waals surface area contributed by atoms with Gasteiger partial charge in [-0.15, -0.1) is 0 Å². The van der Waals surface area contributed by atoms with Gasteiger partial charge in [0.25, 0.3) is 0 Å². The number of nitrogens with zero attached hydrogens (tertiary/aromatic N) is 3. The Morgan fingerprint density at radius 3 is 2.60 bits per heavy atom. The van der Waals surface area contributed by atoms with Crippen LogP contribution in [0.15, 0.2) is 61.2 Å². The van der Waals surface area contributed by atoms with E-state index in [0.29, 0.717) is 24.4 Å². The molecule has 0 saturated carbocycles. The fourth-order valence-corrected chi connectivity index (χ4v) is 2.42. The second-order valence-corrected chi connectivity index (χ2v) is 5.40. The number of amides is 1. The molecule has 0 fully saturated rings. The summed E-state index contributed by atoms with van der Waals surface area (Å²) in [4.78, 5) is 24.7. The maximum Gasteiger partial charge on any atom is 0.224 e. The van der Waals surface area contributed by atoms with Crippen molar-refractivity contribution in [3.8, 4) is 17.1 Å². The maximum absolute atomic E-state index is 12.1. The average Bonchev–Trinajstić information content (AvgIpc) is 2.68. The molecule has 6 nitrogen and oxygen atoms in total. The second kappa shape index (κ2) is 8.01. The number of aryl methyl sites for hydroxylation is 1. The summed E-state index contributed by atoms with van der Waals surface area (Å²) in [5, 5.41) is 2.81. The average molecular weight is 334 g/mol. The smallest absolute Gasteiger partial charge is 0.224 e. The SMILES string of the molecule is COc1ccccc1CCC(=O)Nc1cnc(-c2cccnc2)nc1. The van der Waals surface area contributed by atoms with E-state index >= 15 is 0 Å². The highest BCUT2D eigenvalue weighted by molar-refractivity contribution is 5.90. The van der Waals surface area contributed by atoms with E-state index in [0.717, 1.165) is 16.9 Å². The Labute approximate surface area is 145 Å². The van der Waals surface area contributed by atoms with E-state index in [9.17, 15) is 4.79 Å². The van der Waals surface area contributed by atoms with Crippen LogP contribution >= 0.6 is 0 Å². The molecule has 0 spiro atoms. The zero-order valence-electron chi connectivity index (χ0n) is 13.8. The number of carbonyl (C=O) groups excluding carboxylic acids is 1. The third-order valence-corrected chi connectivity index (χ3v) is 3.67. The molecule has 0 aliphatic rings. The summed E-state index contributed by atoms with van der Waals surface area (Å²) in [6.07, 6.45) is 7.53. The van der Waals surface area contributed by atoms with Crippen LogP contribution in [0.1, 0.15) is 12.0 Å². The Kier molecular flexibility index (Phi) is 5.31. The molecule has 3 aromatic rings. The summed E-state index contributed by atoms with van der Waals surface area (Å²) < 4.78 is 5.29. The van der Waals surface area contributed by atoms with Gasteiger partial charge in [0, 0.05) is 24.4 Å². The number of nitrogens with one attached hydrogen (secondary N) is 1. The van der Waals surface area contributed by atoms with Crippen LogP contribution in [0, 0.1) is 0 Å². The highest BCUT2D eigenvalue weighted by Gasteiger charge is 2.08. The predicted octanol–water partition coefficient (Wildman–Crippen LogP) is 3.12. The zero-order valence-corrected chi connectivity index (χ0v) is 13.8. The van der Waals surface area contributed by atoms with Crippen molar-refractivity contribution in [2.75, 3.05) is 12.4 Å². The Morgan fingerprint density at radius 2 is 1.88 bits per heavy atom. The van der Waals surface area contributed by atoms with Gasteiger partial charge >= 0.3 is 0 Å². The van der Waals surface area contributed by atoms with Crippen molar-refractivity contribution in [2.45, 2.75) is 12.8 Å². The molecule has 0 bridgehead atoms. The molecule has 0 unspecified atom stereocenters. The lowest BCUT2D eigenvalue weighted by molar-refractivity contribution is -0.116. The minimum absolute atomic E-state index is 0.0939. The van der Waals surface area contributed by atoms with Crippen molar-refractivity contribution >= 4 is 11.6 Å². The predicted molar refractivity (Wildman–Crippen MR) is 95.2 cm³/mol. The van der Waals surface area contributed by atoms with E-state index in [1.165, 1.54) is 0 Å². The minimum atomic E-state index is -0.0939. The van der Waals surface area contributed by atoms with Crippen molar-refractivity contribution in [3.05, 3.63) is 66.7 Å². The van der Waals surface area contributed by atoms with E-state index in [1.807, 2.05) is 36.4 Å². The Morgan fingerprint density at radius 1 is 1.08 bits per heavy atom. The molecule has 2 heterocycles. The van der Waals surface area contributed by atoms with Crippen molar-refractivity contribution in [1.82, 2.24) is 15.0 Å². The molecule has 6 heteroatoms. The number of benzene rings is 1. The molecule has 0 aliphatic carbocycles. The molecule has 0 saturated heterocycles. The van der Waals surface area contributed by atoms with Gasteiger partial charge in [0.05, 0.1) is 25.2 Å². The zero-order chi connectivity index (χ0) is 17.5. The first-order valence-corrected chi connectivity index (χ1v) is 7.90. The molecule has 0 radical (unpaired) electrons. The molecule has 1 aromatic carbocycles. The molecule has 25 heavy (non-hydrogen) atoms. The van der Waals surface area contributed by atoms with Crippen LogP contribution in [0.25, 0.3) is 11.4 Å². The molecule has 1 N–H and O–H groups in total. The molecule has 0 atom stereocenters. The van der Waals surface area contributed by atoms with E-state index < -0.39 is 0 Å². The summed E-state index contributed by atoms with van der Waals surface area (Å²) >= 11 is 0. The first-order valence-electron chi connectivity index (χ1n) is 7.90. The molecule has 2 aromatic heterocycles. The lowest BCUT2D eigenvalue weighted by Crippen LogP contribution is -2.13.